The molecule has 1 aliphatic heterocycles. The van der Waals surface area contributed by atoms with Gasteiger partial charge in [0.15, 0.2) is 0 Å². The smallest absolute Gasteiger partial charge is 0.396 e. The van der Waals surface area contributed by atoms with E-state index >= 15 is 0 Å². The number of nitrogens with one attached hydrogen (secondary N) is 1. The summed E-state index contributed by atoms with van der Waals surface area (Å²) in [6, 6.07) is 2.27. The molecule has 2 heterocycles. The monoisotopic (exact) mass is 345 g/mol. The highest BCUT2D eigenvalue weighted by Crippen LogP contribution is 2.36. The van der Waals surface area contributed by atoms with E-state index in [1.54, 1.807) is 6.92 Å². The van der Waals surface area contributed by atoms with Gasteiger partial charge in [-0.05, 0) is 30.9 Å². The molecule has 0 aliphatic carbocycles. The third kappa shape index (κ3) is 4.59. The van der Waals surface area contributed by atoms with Crippen LogP contribution in [0.4, 0.5) is 19.0 Å². The Morgan fingerprint density at radius 3 is 2.96 bits per heavy atom. The number of carbonyl (C=O) groups excluding carboxylic acids is 1. The van der Waals surface area contributed by atoms with Gasteiger partial charge in [-0.25, -0.2) is 4.98 Å². The molecule has 2 rings (SSSR count). The molecule has 1 fully saturated rings. The molecule has 24 heavy (non-hydrogen) atoms. The van der Waals surface area contributed by atoms with E-state index in [0.717, 1.165) is 6.07 Å². The van der Waals surface area contributed by atoms with Crippen LogP contribution in [0.2, 0.25) is 0 Å². The number of halogens is 3. The fourth-order valence-corrected chi connectivity index (χ4v) is 2.74. The normalized spacial score (nSPS) is 19.9. The van der Waals surface area contributed by atoms with Crippen molar-refractivity contribution in [2.75, 3.05) is 31.1 Å². The molecule has 0 bridgehead atoms. The first-order valence-electron chi connectivity index (χ1n) is 7.98. The van der Waals surface area contributed by atoms with Crippen molar-refractivity contribution in [3.05, 3.63) is 23.9 Å². The molecule has 8 heteroatoms. The zero-order chi connectivity index (χ0) is 17.7. The number of alkyl halides is 3. The van der Waals surface area contributed by atoms with E-state index < -0.39 is 11.7 Å². The minimum absolute atomic E-state index is 0.0278. The molecular weight excluding hydrogens is 323 g/mol. The van der Waals surface area contributed by atoms with Crippen LogP contribution < -0.4 is 10.2 Å². The van der Waals surface area contributed by atoms with Gasteiger partial charge in [0.05, 0.1) is 11.5 Å². The van der Waals surface area contributed by atoms with Gasteiger partial charge in [-0.2, -0.15) is 13.2 Å². The van der Waals surface area contributed by atoms with Crippen LogP contribution in [-0.2, 0) is 11.0 Å². The predicted molar refractivity (Wildman–Crippen MR) is 83.4 cm³/mol. The maximum atomic E-state index is 13.1. The van der Waals surface area contributed by atoms with Crippen LogP contribution in [0.15, 0.2) is 18.3 Å². The van der Waals surface area contributed by atoms with Crippen molar-refractivity contribution in [2.45, 2.75) is 25.9 Å². The quantitative estimate of drug-likeness (QED) is 0.857. The van der Waals surface area contributed by atoms with Gasteiger partial charge in [-0.1, -0.05) is 6.92 Å². The summed E-state index contributed by atoms with van der Waals surface area (Å²) in [5, 5.41) is 11.7. The lowest BCUT2D eigenvalue weighted by atomic mass is 9.96. The minimum atomic E-state index is -4.48. The number of aliphatic hydroxyl groups is 1. The first-order valence-corrected chi connectivity index (χ1v) is 7.98. The Hall–Kier alpha value is -1.83. The molecule has 1 aromatic rings. The maximum Gasteiger partial charge on any atom is 0.419 e. The number of piperidine rings is 1. The van der Waals surface area contributed by atoms with E-state index in [4.69, 9.17) is 5.11 Å². The highest BCUT2D eigenvalue weighted by molar-refractivity contribution is 5.79. The van der Waals surface area contributed by atoms with Crippen molar-refractivity contribution in [3.63, 3.8) is 0 Å². The number of hydrogen-bond donors (Lipinski definition) is 2. The van der Waals surface area contributed by atoms with Gasteiger partial charge in [0.2, 0.25) is 5.91 Å². The van der Waals surface area contributed by atoms with Crippen LogP contribution in [0, 0.1) is 11.8 Å². The molecule has 0 spiro atoms. The van der Waals surface area contributed by atoms with Crippen molar-refractivity contribution in [2.24, 2.45) is 11.8 Å². The first kappa shape index (κ1) is 18.5. The average molecular weight is 345 g/mol. The zero-order valence-corrected chi connectivity index (χ0v) is 13.5. The SMILES string of the molecule is CC(CO)CNC(=O)C1CCCN(c2ncccc2C(F)(F)F)C1. The molecule has 1 amide bonds. The van der Waals surface area contributed by atoms with Crippen LogP contribution in [0.3, 0.4) is 0 Å². The topological polar surface area (TPSA) is 65.5 Å². The molecule has 134 valence electrons. The lowest BCUT2D eigenvalue weighted by Gasteiger charge is -2.34. The summed E-state index contributed by atoms with van der Waals surface area (Å²) >= 11 is 0. The van der Waals surface area contributed by atoms with Crippen molar-refractivity contribution in [3.8, 4) is 0 Å². The van der Waals surface area contributed by atoms with Gasteiger partial charge in [0.25, 0.3) is 0 Å². The number of rotatable bonds is 5. The van der Waals surface area contributed by atoms with Gasteiger partial charge < -0.3 is 15.3 Å². The van der Waals surface area contributed by atoms with Gasteiger partial charge in [0.1, 0.15) is 5.82 Å². The van der Waals surface area contributed by atoms with Gasteiger partial charge in [-0.15, -0.1) is 0 Å². The Labute approximate surface area is 138 Å². The number of aliphatic hydroxyl groups excluding tert-OH is 1. The van der Waals surface area contributed by atoms with E-state index in [1.807, 2.05) is 0 Å². The zero-order valence-electron chi connectivity index (χ0n) is 13.5. The fraction of sp³-hybridized carbons (Fsp3) is 0.625. The van der Waals surface area contributed by atoms with E-state index in [-0.39, 0.29) is 36.7 Å². The number of carbonyl (C=O) groups is 1. The van der Waals surface area contributed by atoms with E-state index in [2.05, 4.69) is 10.3 Å². The molecule has 0 radical (unpaired) electrons. The van der Waals surface area contributed by atoms with Crippen LogP contribution >= 0.6 is 0 Å². The Balaban J connectivity index is 2.07. The number of hydrogen-bond acceptors (Lipinski definition) is 4. The Morgan fingerprint density at radius 2 is 2.29 bits per heavy atom. The number of nitrogens with zero attached hydrogens (tertiary/aromatic N) is 2. The minimum Gasteiger partial charge on any atom is -0.396 e. The summed E-state index contributed by atoms with van der Waals surface area (Å²) in [6.45, 7) is 2.77. The van der Waals surface area contributed by atoms with E-state index in [9.17, 15) is 18.0 Å². The van der Waals surface area contributed by atoms with Crippen LogP contribution in [-0.4, -0.2) is 42.2 Å². The van der Waals surface area contributed by atoms with Crippen LogP contribution in [0.5, 0.6) is 0 Å². The molecule has 2 atom stereocenters. The standard InChI is InChI=1S/C16H22F3N3O2/c1-11(10-23)8-21-15(24)12-4-3-7-22(9-12)14-13(16(17,18)19)5-2-6-20-14/h2,5-6,11-12,23H,3-4,7-10H2,1H3,(H,21,24). The van der Waals surface area contributed by atoms with Gasteiger partial charge in [-0.3, -0.25) is 4.79 Å². The predicted octanol–water partition coefficient (Wildman–Crippen LogP) is 2.06. The second-order valence-electron chi connectivity index (χ2n) is 6.19. The third-order valence-electron chi connectivity index (χ3n) is 4.12. The molecule has 1 aromatic heterocycles. The molecule has 2 N–H and O–H groups in total. The van der Waals surface area contributed by atoms with Crippen molar-refractivity contribution >= 4 is 11.7 Å². The second kappa shape index (κ2) is 7.83. The van der Waals surface area contributed by atoms with E-state index in [1.165, 1.54) is 17.2 Å². The van der Waals surface area contributed by atoms with Crippen molar-refractivity contribution < 1.29 is 23.1 Å². The Kier molecular flexibility index (Phi) is 6.04. The molecule has 2 unspecified atom stereocenters. The Morgan fingerprint density at radius 1 is 1.54 bits per heavy atom. The van der Waals surface area contributed by atoms with Crippen molar-refractivity contribution in [1.29, 1.82) is 0 Å². The number of amides is 1. The highest BCUT2D eigenvalue weighted by Gasteiger charge is 2.37. The summed E-state index contributed by atoms with van der Waals surface area (Å²) in [7, 11) is 0. The summed E-state index contributed by atoms with van der Waals surface area (Å²) in [4.78, 5) is 17.6. The molecular formula is C16H22F3N3O2. The number of anilines is 1. The molecule has 1 aliphatic rings. The van der Waals surface area contributed by atoms with Crippen LogP contribution in [0.1, 0.15) is 25.3 Å². The summed E-state index contributed by atoms with van der Waals surface area (Å²) in [5.41, 5.74) is -0.778. The second-order valence-corrected chi connectivity index (χ2v) is 6.19. The number of aromatic nitrogens is 1. The number of pyridine rings is 1. The van der Waals surface area contributed by atoms with Crippen molar-refractivity contribution in [1.82, 2.24) is 10.3 Å². The van der Waals surface area contributed by atoms with Crippen LogP contribution in [0.25, 0.3) is 0 Å². The molecule has 1 saturated heterocycles. The summed E-state index contributed by atoms with van der Waals surface area (Å²) in [6.07, 6.45) is -1.89. The lowest BCUT2D eigenvalue weighted by molar-refractivity contribution is -0.137. The van der Waals surface area contributed by atoms with Gasteiger partial charge in [0, 0.05) is 32.4 Å². The first-order chi connectivity index (χ1) is 11.3. The molecule has 5 nitrogen and oxygen atoms in total. The summed E-state index contributed by atoms with van der Waals surface area (Å²) in [5.74, 6) is -0.746. The highest BCUT2D eigenvalue weighted by atomic mass is 19.4. The Bertz CT molecular complexity index is 566. The largest absolute Gasteiger partial charge is 0.419 e. The molecule has 0 aromatic carbocycles. The fourth-order valence-electron chi connectivity index (χ4n) is 2.74. The van der Waals surface area contributed by atoms with E-state index in [0.29, 0.717) is 25.9 Å². The average Bonchev–Trinajstić information content (AvgIpc) is 2.58. The molecule has 0 saturated carbocycles. The lowest BCUT2D eigenvalue weighted by Crippen LogP contribution is -2.45. The summed E-state index contributed by atoms with van der Waals surface area (Å²) < 4.78 is 39.4. The third-order valence-corrected chi connectivity index (χ3v) is 4.12. The maximum absolute atomic E-state index is 13.1. The van der Waals surface area contributed by atoms with Gasteiger partial charge >= 0.3 is 6.18 Å².